The van der Waals surface area contributed by atoms with Crippen molar-refractivity contribution >= 4 is 33.4 Å². The number of anilines is 3. The molecule has 1 fully saturated rings. The molecule has 4 heteroatoms. The third kappa shape index (κ3) is 4.24. The second kappa shape index (κ2) is 10.0. The largest absolute Gasteiger partial charge is 0.311 e. The van der Waals surface area contributed by atoms with Crippen molar-refractivity contribution in [2.75, 3.05) is 4.90 Å². The van der Waals surface area contributed by atoms with Crippen LogP contribution in [0, 0.1) is 5.82 Å². The van der Waals surface area contributed by atoms with Crippen molar-refractivity contribution in [3.8, 4) is 22.4 Å². The molecule has 2 heterocycles. The monoisotopic (exact) mass is 545 g/mol. The molecule has 1 aliphatic carbocycles. The summed E-state index contributed by atoms with van der Waals surface area (Å²) in [6.07, 6.45) is 2.27. The predicted octanol–water partition coefficient (Wildman–Crippen LogP) is 10.3. The summed E-state index contributed by atoms with van der Waals surface area (Å²) in [6, 6.07) is 47.2. The lowest BCUT2D eigenvalue weighted by molar-refractivity contribution is 0.629. The Kier molecular flexibility index (Phi) is 5.85. The van der Waals surface area contributed by atoms with Gasteiger partial charge in [-0.25, -0.2) is 8.91 Å². The van der Waals surface area contributed by atoms with E-state index in [1.165, 1.54) is 0 Å². The van der Waals surface area contributed by atoms with Gasteiger partial charge in [0.1, 0.15) is 11.5 Å². The number of hydrogen-bond donors (Lipinski definition) is 0. The molecule has 7 aromatic rings. The van der Waals surface area contributed by atoms with Crippen molar-refractivity contribution in [2.45, 2.75) is 18.8 Å². The quantitative estimate of drug-likeness (QED) is 0.207. The van der Waals surface area contributed by atoms with Gasteiger partial charge in [-0.15, -0.1) is 0 Å². The van der Waals surface area contributed by atoms with E-state index in [1.54, 1.807) is 12.1 Å². The lowest BCUT2D eigenvalue weighted by Gasteiger charge is -2.25. The van der Waals surface area contributed by atoms with Gasteiger partial charge in [-0.05, 0) is 84.5 Å². The molecule has 42 heavy (non-hydrogen) atoms. The van der Waals surface area contributed by atoms with E-state index in [-0.39, 0.29) is 5.82 Å². The number of pyridine rings is 1. The van der Waals surface area contributed by atoms with Crippen molar-refractivity contribution in [2.24, 2.45) is 0 Å². The fraction of sp³-hybridized carbons (Fsp3) is 0.0789. The Balaban J connectivity index is 1.34. The van der Waals surface area contributed by atoms with Gasteiger partial charge in [-0.1, -0.05) is 78.9 Å². The van der Waals surface area contributed by atoms with Crippen LogP contribution in [-0.2, 0) is 0 Å². The molecule has 0 saturated heterocycles. The average molecular weight is 546 g/mol. The Bertz CT molecular complexity index is 1990. The molecular weight excluding hydrogens is 517 g/mol. The molecular formula is C38H28FN3. The van der Waals surface area contributed by atoms with Gasteiger partial charge in [0.25, 0.3) is 0 Å². The lowest BCUT2D eigenvalue weighted by atomic mass is 9.97. The van der Waals surface area contributed by atoms with E-state index in [4.69, 9.17) is 5.10 Å². The number of halogens is 1. The number of benzene rings is 5. The summed E-state index contributed by atoms with van der Waals surface area (Å²) < 4.78 is 16.5. The lowest BCUT2D eigenvalue weighted by Crippen LogP contribution is -2.09. The van der Waals surface area contributed by atoms with Crippen LogP contribution in [0.1, 0.15) is 24.5 Å². The zero-order valence-electron chi connectivity index (χ0n) is 23.0. The molecule has 2 aromatic heterocycles. The molecule has 0 bridgehead atoms. The molecule has 0 atom stereocenters. The Labute approximate surface area is 244 Å². The number of rotatable bonds is 6. The van der Waals surface area contributed by atoms with Gasteiger partial charge in [0, 0.05) is 45.2 Å². The van der Waals surface area contributed by atoms with Gasteiger partial charge in [0.05, 0.1) is 5.52 Å². The van der Waals surface area contributed by atoms with Crippen molar-refractivity contribution in [1.82, 2.24) is 9.61 Å². The molecule has 0 N–H and O–H groups in total. The molecule has 0 unspecified atom stereocenters. The maximum Gasteiger partial charge on any atom is 0.123 e. The summed E-state index contributed by atoms with van der Waals surface area (Å²) in [7, 11) is 0. The fourth-order valence-electron chi connectivity index (χ4n) is 6.06. The summed E-state index contributed by atoms with van der Waals surface area (Å²) in [6.45, 7) is 0. The molecule has 5 aromatic carbocycles. The van der Waals surface area contributed by atoms with Crippen molar-refractivity contribution in [3.63, 3.8) is 0 Å². The van der Waals surface area contributed by atoms with Crippen LogP contribution in [0.2, 0.25) is 0 Å². The van der Waals surface area contributed by atoms with E-state index < -0.39 is 0 Å². The summed E-state index contributed by atoms with van der Waals surface area (Å²) in [5.74, 6) is 0.232. The standard InChI is InChI=1S/C38H28FN3/c39-30-20-23-34-29(24-30)25-35(26-16-17-26)42-38(34)36(27-10-4-1-5-11-27)37(40-42)28-18-21-33(22-19-28)41(31-12-6-2-7-13-31)32-14-8-3-9-15-32/h1-15,18-26H,16-17H2. The Morgan fingerprint density at radius 2 is 1.21 bits per heavy atom. The minimum atomic E-state index is -0.216. The molecule has 1 saturated carbocycles. The zero-order valence-corrected chi connectivity index (χ0v) is 23.0. The highest BCUT2D eigenvalue weighted by molar-refractivity contribution is 6.07. The molecule has 8 rings (SSSR count). The topological polar surface area (TPSA) is 20.5 Å². The van der Waals surface area contributed by atoms with Crippen LogP contribution in [0.3, 0.4) is 0 Å². The highest BCUT2D eigenvalue weighted by Crippen LogP contribution is 2.45. The molecule has 0 amide bonds. The van der Waals surface area contributed by atoms with E-state index in [0.29, 0.717) is 5.92 Å². The number of aromatic nitrogens is 2. The molecule has 0 spiro atoms. The number of nitrogens with zero attached hydrogens (tertiary/aromatic N) is 3. The first-order chi connectivity index (χ1) is 20.7. The van der Waals surface area contributed by atoms with Gasteiger partial charge < -0.3 is 4.90 Å². The maximum atomic E-state index is 14.4. The van der Waals surface area contributed by atoms with Crippen LogP contribution in [0.15, 0.2) is 140 Å². The summed E-state index contributed by atoms with van der Waals surface area (Å²) in [5, 5.41) is 7.22. The van der Waals surface area contributed by atoms with E-state index in [2.05, 4.69) is 113 Å². The molecule has 202 valence electrons. The third-order valence-corrected chi connectivity index (χ3v) is 8.19. The van der Waals surface area contributed by atoms with Crippen molar-refractivity contribution < 1.29 is 4.39 Å². The highest BCUT2D eigenvalue weighted by atomic mass is 19.1. The Morgan fingerprint density at radius 1 is 0.619 bits per heavy atom. The van der Waals surface area contributed by atoms with E-state index in [9.17, 15) is 4.39 Å². The van der Waals surface area contributed by atoms with Crippen LogP contribution in [-0.4, -0.2) is 9.61 Å². The fourth-order valence-corrected chi connectivity index (χ4v) is 6.06. The number of hydrogen-bond acceptors (Lipinski definition) is 2. The SMILES string of the molecule is Fc1ccc2c(c1)cc(C1CC1)n1nc(-c3ccc(N(c4ccccc4)c4ccccc4)cc3)c(-c3ccccc3)c21. The summed E-state index contributed by atoms with van der Waals surface area (Å²) >= 11 is 0. The number of fused-ring (bicyclic) bond motifs is 3. The van der Waals surface area contributed by atoms with E-state index in [1.807, 2.05) is 24.3 Å². The third-order valence-electron chi connectivity index (χ3n) is 8.19. The summed E-state index contributed by atoms with van der Waals surface area (Å²) in [5.41, 5.74) is 9.60. The summed E-state index contributed by atoms with van der Waals surface area (Å²) in [4.78, 5) is 2.26. The minimum Gasteiger partial charge on any atom is -0.311 e. The smallest absolute Gasteiger partial charge is 0.123 e. The van der Waals surface area contributed by atoms with E-state index in [0.717, 1.165) is 74.3 Å². The second-order valence-corrected chi connectivity index (χ2v) is 11.0. The van der Waals surface area contributed by atoms with Gasteiger partial charge in [-0.2, -0.15) is 5.10 Å². The van der Waals surface area contributed by atoms with Gasteiger partial charge in [0.15, 0.2) is 0 Å². The predicted molar refractivity (Wildman–Crippen MR) is 170 cm³/mol. The van der Waals surface area contributed by atoms with Crippen molar-refractivity contribution in [3.05, 3.63) is 151 Å². The first-order valence-electron chi connectivity index (χ1n) is 14.5. The second-order valence-electron chi connectivity index (χ2n) is 11.0. The van der Waals surface area contributed by atoms with Gasteiger partial charge in [0.2, 0.25) is 0 Å². The minimum absolute atomic E-state index is 0.216. The maximum absolute atomic E-state index is 14.4. The molecule has 0 aliphatic heterocycles. The number of para-hydroxylation sites is 2. The molecule has 3 nitrogen and oxygen atoms in total. The Hall–Kier alpha value is -5.22. The van der Waals surface area contributed by atoms with Crippen LogP contribution >= 0.6 is 0 Å². The van der Waals surface area contributed by atoms with E-state index >= 15 is 0 Å². The van der Waals surface area contributed by atoms with Gasteiger partial charge >= 0.3 is 0 Å². The van der Waals surface area contributed by atoms with Crippen LogP contribution in [0.25, 0.3) is 38.7 Å². The van der Waals surface area contributed by atoms with Gasteiger partial charge in [-0.3, -0.25) is 0 Å². The highest BCUT2D eigenvalue weighted by Gasteiger charge is 2.29. The first kappa shape index (κ1) is 24.6. The zero-order chi connectivity index (χ0) is 28.0. The van der Waals surface area contributed by atoms with Crippen LogP contribution < -0.4 is 4.90 Å². The van der Waals surface area contributed by atoms with Crippen LogP contribution in [0.4, 0.5) is 21.5 Å². The Morgan fingerprint density at radius 3 is 1.83 bits per heavy atom. The molecule has 0 radical (unpaired) electrons. The normalized spacial score (nSPS) is 13.1. The molecule has 1 aliphatic rings. The van der Waals surface area contributed by atoms with Crippen molar-refractivity contribution in [1.29, 1.82) is 0 Å². The first-order valence-corrected chi connectivity index (χ1v) is 14.5. The average Bonchev–Trinajstić information content (AvgIpc) is 3.81. The van der Waals surface area contributed by atoms with Crippen LogP contribution in [0.5, 0.6) is 0 Å².